The fourth-order valence-electron chi connectivity index (χ4n) is 2.16. The Morgan fingerprint density at radius 3 is 2.80 bits per heavy atom. The molecular weight excluding hydrogens is 191 g/mol. The van der Waals surface area contributed by atoms with Crippen molar-refractivity contribution in [3.8, 4) is 0 Å². The Kier molecular flexibility index (Phi) is 2.91. The maximum atomic E-state index is 12.9. The van der Waals surface area contributed by atoms with Crippen LogP contribution < -0.4 is 11.1 Å². The van der Waals surface area contributed by atoms with Crippen molar-refractivity contribution >= 4 is 5.69 Å². The molecule has 1 aromatic rings. The zero-order chi connectivity index (χ0) is 10.8. The van der Waals surface area contributed by atoms with Crippen molar-refractivity contribution in [2.75, 3.05) is 5.32 Å². The van der Waals surface area contributed by atoms with Crippen molar-refractivity contribution in [2.24, 2.45) is 5.73 Å². The lowest BCUT2D eigenvalue weighted by molar-refractivity contribution is 0.626. The van der Waals surface area contributed by atoms with Crippen LogP contribution in [0.2, 0.25) is 0 Å². The van der Waals surface area contributed by atoms with Gasteiger partial charge in [0.2, 0.25) is 0 Å². The zero-order valence-electron chi connectivity index (χ0n) is 8.96. The summed E-state index contributed by atoms with van der Waals surface area (Å²) in [5, 5.41) is 3.42. The van der Waals surface area contributed by atoms with E-state index in [1.54, 1.807) is 12.1 Å². The minimum atomic E-state index is -0.179. The topological polar surface area (TPSA) is 38.0 Å². The summed E-state index contributed by atoms with van der Waals surface area (Å²) in [5.74, 6) is -0.179. The molecule has 0 heterocycles. The van der Waals surface area contributed by atoms with Gasteiger partial charge in [0.15, 0.2) is 0 Å². The first-order valence-corrected chi connectivity index (χ1v) is 5.43. The van der Waals surface area contributed by atoms with Gasteiger partial charge in [0, 0.05) is 17.8 Å². The predicted octanol–water partition coefficient (Wildman–Crippen LogP) is 2.43. The van der Waals surface area contributed by atoms with Crippen LogP contribution in [-0.2, 0) is 0 Å². The molecule has 0 bridgehead atoms. The van der Waals surface area contributed by atoms with E-state index in [0.717, 1.165) is 30.5 Å². The van der Waals surface area contributed by atoms with Crippen LogP contribution in [0.3, 0.4) is 0 Å². The average Bonchev–Trinajstić information content (AvgIpc) is 2.56. The van der Waals surface area contributed by atoms with E-state index in [4.69, 9.17) is 5.73 Å². The Balaban J connectivity index is 2.04. The summed E-state index contributed by atoms with van der Waals surface area (Å²) in [4.78, 5) is 0. The van der Waals surface area contributed by atoms with Crippen molar-refractivity contribution in [1.29, 1.82) is 0 Å². The normalized spacial score (nSPS) is 25.5. The van der Waals surface area contributed by atoms with Gasteiger partial charge in [-0.25, -0.2) is 4.39 Å². The van der Waals surface area contributed by atoms with Crippen LogP contribution >= 0.6 is 0 Å². The van der Waals surface area contributed by atoms with Crippen LogP contribution in [0.1, 0.15) is 24.8 Å². The third-order valence-electron chi connectivity index (χ3n) is 3.02. The lowest BCUT2D eigenvalue weighted by Gasteiger charge is -2.15. The van der Waals surface area contributed by atoms with Crippen LogP contribution in [0.5, 0.6) is 0 Å². The van der Waals surface area contributed by atoms with E-state index in [2.05, 4.69) is 5.32 Å². The van der Waals surface area contributed by atoms with Gasteiger partial charge in [-0.1, -0.05) is 0 Å². The second-order valence-electron chi connectivity index (χ2n) is 4.37. The van der Waals surface area contributed by atoms with Crippen LogP contribution in [0.25, 0.3) is 0 Å². The predicted molar refractivity (Wildman–Crippen MR) is 60.4 cm³/mol. The molecule has 2 atom stereocenters. The van der Waals surface area contributed by atoms with E-state index in [1.807, 2.05) is 6.92 Å². The van der Waals surface area contributed by atoms with Gasteiger partial charge in [0.25, 0.3) is 0 Å². The average molecular weight is 208 g/mol. The number of halogens is 1. The van der Waals surface area contributed by atoms with Crippen molar-refractivity contribution in [3.63, 3.8) is 0 Å². The third kappa shape index (κ3) is 2.48. The van der Waals surface area contributed by atoms with Gasteiger partial charge in [0.1, 0.15) is 5.82 Å². The number of hydrogen-bond donors (Lipinski definition) is 2. The number of rotatable bonds is 2. The number of anilines is 1. The van der Waals surface area contributed by atoms with E-state index >= 15 is 0 Å². The first-order valence-electron chi connectivity index (χ1n) is 5.43. The maximum absolute atomic E-state index is 12.9. The quantitative estimate of drug-likeness (QED) is 0.783. The molecule has 1 aliphatic carbocycles. The third-order valence-corrected chi connectivity index (χ3v) is 3.02. The van der Waals surface area contributed by atoms with E-state index in [-0.39, 0.29) is 5.82 Å². The Bertz CT molecular complexity index is 351. The van der Waals surface area contributed by atoms with Crippen molar-refractivity contribution in [3.05, 3.63) is 29.6 Å². The van der Waals surface area contributed by atoms with E-state index in [1.165, 1.54) is 6.07 Å². The Morgan fingerprint density at radius 1 is 1.40 bits per heavy atom. The minimum Gasteiger partial charge on any atom is -0.382 e. The number of nitrogens with one attached hydrogen (secondary N) is 1. The Morgan fingerprint density at radius 2 is 2.20 bits per heavy atom. The van der Waals surface area contributed by atoms with Gasteiger partial charge in [-0.05, 0) is 49.9 Å². The fraction of sp³-hybridized carbons (Fsp3) is 0.500. The second-order valence-corrected chi connectivity index (χ2v) is 4.37. The molecule has 15 heavy (non-hydrogen) atoms. The highest BCUT2D eigenvalue weighted by Gasteiger charge is 2.21. The molecule has 0 amide bonds. The summed E-state index contributed by atoms with van der Waals surface area (Å²) in [6.45, 7) is 1.92. The molecule has 0 aromatic heterocycles. The highest BCUT2D eigenvalue weighted by molar-refractivity contribution is 5.51. The smallest absolute Gasteiger partial charge is 0.123 e. The summed E-state index contributed by atoms with van der Waals surface area (Å²) in [6, 6.07) is 5.61. The molecule has 2 unspecified atom stereocenters. The van der Waals surface area contributed by atoms with Gasteiger partial charge in [-0.2, -0.15) is 0 Å². The van der Waals surface area contributed by atoms with Crippen molar-refractivity contribution in [1.82, 2.24) is 0 Å². The maximum Gasteiger partial charge on any atom is 0.123 e. The van der Waals surface area contributed by atoms with Crippen LogP contribution in [-0.4, -0.2) is 12.1 Å². The van der Waals surface area contributed by atoms with E-state index in [0.29, 0.717) is 12.1 Å². The molecule has 0 saturated heterocycles. The number of aryl methyl sites for hydroxylation is 1. The number of nitrogens with two attached hydrogens (primary N) is 1. The standard InChI is InChI=1S/C12H17FN2/c1-8-6-9(13)2-5-12(8)15-11-4-3-10(14)7-11/h2,5-6,10-11,15H,3-4,7,14H2,1H3. The highest BCUT2D eigenvalue weighted by atomic mass is 19.1. The lowest BCUT2D eigenvalue weighted by Crippen LogP contribution is -2.21. The van der Waals surface area contributed by atoms with E-state index < -0.39 is 0 Å². The lowest BCUT2D eigenvalue weighted by atomic mass is 10.1. The second kappa shape index (κ2) is 4.19. The highest BCUT2D eigenvalue weighted by Crippen LogP contribution is 2.24. The van der Waals surface area contributed by atoms with Crippen molar-refractivity contribution in [2.45, 2.75) is 38.3 Å². The SMILES string of the molecule is Cc1cc(F)ccc1NC1CCC(N)C1. The fourth-order valence-corrected chi connectivity index (χ4v) is 2.16. The molecule has 1 fully saturated rings. The summed E-state index contributed by atoms with van der Waals surface area (Å²) in [5.41, 5.74) is 7.82. The van der Waals surface area contributed by atoms with Crippen LogP contribution in [0.4, 0.5) is 10.1 Å². The zero-order valence-corrected chi connectivity index (χ0v) is 8.96. The van der Waals surface area contributed by atoms with Crippen LogP contribution in [0.15, 0.2) is 18.2 Å². The van der Waals surface area contributed by atoms with Gasteiger partial charge in [-0.15, -0.1) is 0 Å². The molecule has 1 saturated carbocycles. The molecular formula is C12H17FN2. The molecule has 82 valence electrons. The number of hydrogen-bond acceptors (Lipinski definition) is 2. The largest absolute Gasteiger partial charge is 0.382 e. The monoisotopic (exact) mass is 208 g/mol. The Hall–Kier alpha value is -1.09. The molecule has 1 aliphatic rings. The van der Waals surface area contributed by atoms with Crippen molar-refractivity contribution < 1.29 is 4.39 Å². The summed E-state index contributed by atoms with van der Waals surface area (Å²) >= 11 is 0. The van der Waals surface area contributed by atoms with Gasteiger partial charge in [0.05, 0.1) is 0 Å². The summed E-state index contributed by atoms with van der Waals surface area (Å²) in [6.07, 6.45) is 3.20. The molecule has 1 aromatic carbocycles. The molecule has 3 heteroatoms. The summed E-state index contributed by atoms with van der Waals surface area (Å²) < 4.78 is 12.9. The molecule has 3 N–H and O–H groups in total. The molecule has 0 aliphatic heterocycles. The molecule has 0 spiro atoms. The molecule has 0 radical (unpaired) electrons. The Labute approximate surface area is 89.7 Å². The first kappa shape index (κ1) is 10.4. The van der Waals surface area contributed by atoms with Gasteiger partial charge >= 0.3 is 0 Å². The number of benzene rings is 1. The van der Waals surface area contributed by atoms with Crippen LogP contribution in [0, 0.1) is 12.7 Å². The van der Waals surface area contributed by atoms with E-state index in [9.17, 15) is 4.39 Å². The molecule has 2 nitrogen and oxygen atoms in total. The summed E-state index contributed by atoms with van der Waals surface area (Å²) in [7, 11) is 0. The first-order chi connectivity index (χ1) is 7.15. The molecule has 2 rings (SSSR count). The minimum absolute atomic E-state index is 0.179. The van der Waals surface area contributed by atoms with Gasteiger partial charge in [-0.3, -0.25) is 0 Å². The van der Waals surface area contributed by atoms with Gasteiger partial charge < -0.3 is 11.1 Å².